The minimum absolute atomic E-state index is 0.0378. The lowest BCUT2D eigenvalue weighted by Gasteiger charge is -2.27. The van der Waals surface area contributed by atoms with Gasteiger partial charge in [-0.25, -0.2) is 0 Å². The van der Waals surface area contributed by atoms with E-state index in [0.29, 0.717) is 6.54 Å². The Morgan fingerprint density at radius 1 is 1.28 bits per heavy atom. The van der Waals surface area contributed by atoms with Crippen LogP contribution in [0.25, 0.3) is 0 Å². The molecule has 0 spiro atoms. The normalized spacial score (nSPS) is 11.4. The number of aryl methyl sites for hydroxylation is 2. The molecule has 0 saturated carbocycles. The Labute approximate surface area is 110 Å². The highest BCUT2D eigenvalue weighted by molar-refractivity contribution is 5.95. The van der Waals surface area contributed by atoms with Crippen molar-refractivity contribution in [1.29, 1.82) is 0 Å². The Bertz CT molecular complexity index is 423. The van der Waals surface area contributed by atoms with E-state index in [4.69, 9.17) is 5.73 Å². The SMILES string of the molecule is CCC(N)(CC)CNC(=O)c1ccc(C)cc1C. The van der Waals surface area contributed by atoms with Gasteiger partial charge in [0, 0.05) is 17.6 Å². The third kappa shape index (κ3) is 3.57. The van der Waals surface area contributed by atoms with Gasteiger partial charge in [0.05, 0.1) is 0 Å². The van der Waals surface area contributed by atoms with Gasteiger partial charge in [0.2, 0.25) is 0 Å². The Hall–Kier alpha value is -1.35. The number of nitrogens with one attached hydrogen (secondary N) is 1. The van der Waals surface area contributed by atoms with Crippen LogP contribution in [0.5, 0.6) is 0 Å². The maximum atomic E-state index is 12.1. The molecular weight excluding hydrogens is 224 g/mol. The van der Waals surface area contributed by atoms with Crippen molar-refractivity contribution in [3.05, 3.63) is 34.9 Å². The summed E-state index contributed by atoms with van der Waals surface area (Å²) >= 11 is 0. The topological polar surface area (TPSA) is 55.1 Å². The molecule has 0 aromatic heterocycles. The summed E-state index contributed by atoms with van der Waals surface area (Å²) in [6.45, 7) is 8.59. The Morgan fingerprint density at radius 3 is 2.39 bits per heavy atom. The van der Waals surface area contributed by atoms with Crippen molar-refractivity contribution in [3.63, 3.8) is 0 Å². The van der Waals surface area contributed by atoms with Crippen molar-refractivity contribution in [3.8, 4) is 0 Å². The molecule has 3 heteroatoms. The number of rotatable bonds is 5. The van der Waals surface area contributed by atoms with Gasteiger partial charge in [0.15, 0.2) is 0 Å². The number of nitrogens with two attached hydrogens (primary N) is 1. The largest absolute Gasteiger partial charge is 0.350 e. The zero-order valence-corrected chi connectivity index (χ0v) is 11.8. The van der Waals surface area contributed by atoms with Gasteiger partial charge in [-0.1, -0.05) is 31.5 Å². The van der Waals surface area contributed by atoms with Gasteiger partial charge in [-0.15, -0.1) is 0 Å². The Kier molecular flexibility index (Phi) is 4.91. The fourth-order valence-corrected chi connectivity index (χ4v) is 1.92. The molecule has 0 saturated heterocycles. The van der Waals surface area contributed by atoms with Crippen molar-refractivity contribution >= 4 is 5.91 Å². The third-order valence-electron chi connectivity index (χ3n) is 3.64. The predicted molar refractivity (Wildman–Crippen MR) is 75.7 cm³/mol. The van der Waals surface area contributed by atoms with Crippen molar-refractivity contribution in [1.82, 2.24) is 5.32 Å². The molecule has 100 valence electrons. The van der Waals surface area contributed by atoms with Crippen molar-refractivity contribution in [2.75, 3.05) is 6.54 Å². The van der Waals surface area contributed by atoms with Crippen LogP contribution in [0.1, 0.15) is 48.2 Å². The molecule has 0 aliphatic carbocycles. The second-order valence-electron chi connectivity index (χ2n) is 5.07. The number of hydrogen-bond acceptors (Lipinski definition) is 2. The van der Waals surface area contributed by atoms with Crippen LogP contribution in [0.15, 0.2) is 18.2 Å². The maximum Gasteiger partial charge on any atom is 0.251 e. The van der Waals surface area contributed by atoms with Crippen LogP contribution in [-0.2, 0) is 0 Å². The molecule has 0 unspecified atom stereocenters. The molecule has 0 radical (unpaired) electrons. The smallest absolute Gasteiger partial charge is 0.251 e. The summed E-state index contributed by atoms with van der Waals surface area (Å²) < 4.78 is 0. The molecule has 0 fully saturated rings. The Balaban J connectivity index is 2.71. The summed E-state index contributed by atoms with van der Waals surface area (Å²) in [5.41, 5.74) is 8.77. The number of amides is 1. The molecule has 0 aliphatic rings. The molecule has 3 nitrogen and oxygen atoms in total. The molecule has 1 rings (SSSR count). The molecule has 1 amide bonds. The number of carbonyl (C=O) groups excluding carboxylic acids is 1. The third-order valence-corrected chi connectivity index (χ3v) is 3.64. The van der Waals surface area contributed by atoms with Gasteiger partial charge in [0.1, 0.15) is 0 Å². The summed E-state index contributed by atoms with van der Waals surface area (Å²) in [5, 5.41) is 2.94. The lowest BCUT2D eigenvalue weighted by atomic mass is 9.94. The van der Waals surface area contributed by atoms with Crippen LogP contribution in [0, 0.1) is 13.8 Å². The number of carbonyl (C=O) groups is 1. The summed E-state index contributed by atoms with van der Waals surface area (Å²) in [6.07, 6.45) is 1.72. The molecular formula is C15H24N2O. The average Bonchev–Trinajstić information content (AvgIpc) is 2.35. The zero-order chi connectivity index (χ0) is 13.8. The van der Waals surface area contributed by atoms with Crippen molar-refractivity contribution < 1.29 is 4.79 Å². The predicted octanol–water partition coefficient (Wildman–Crippen LogP) is 2.55. The van der Waals surface area contributed by atoms with Crippen molar-refractivity contribution in [2.24, 2.45) is 5.73 Å². The van der Waals surface area contributed by atoms with E-state index >= 15 is 0 Å². The standard InChI is InChI=1S/C15H24N2O/c1-5-15(16,6-2)10-17-14(18)13-8-7-11(3)9-12(13)4/h7-9H,5-6,10,16H2,1-4H3,(H,17,18). The zero-order valence-electron chi connectivity index (χ0n) is 11.8. The van der Waals surface area contributed by atoms with Crippen LogP contribution in [0.2, 0.25) is 0 Å². The van der Waals surface area contributed by atoms with Crippen LogP contribution in [0.4, 0.5) is 0 Å². The molecule has 1 aromatic rings. The van der Waals surface area contributed by atoms with Gasteiger partial charge in [-0.3, -0.25) is 4.79 Å². The molecule has 0 bridgehead atoms. The van der Waals surface area contributed by atoms with Crippen LogP contribution >= 0.6 is 0 Å². The first-order valence-corrected chi connectivity index (χ1v) is 6.56. The van der Waals surface area contributed by atoms with Gasteiger partial charge >= 0.3 is 0 Å². The van der Waals surface area contributed by atoms with Crippen molar-refractivity contribution in [2.45, 2.75) is 46.1 Å². The van der Waals surface area contributed by atoms with Crippen LogP contribution in [0.3, 0.4) is 0 Å². The average molecular weight is 248 g/mol. The highest BCUT2D eigenvalue weighted by Crippen LogP contribution is 2.12. The first kappa shape index (κ1) is 14.7. The van der Waals surface area contributed by atoms with E-state index in [1.54, 1.807) is 0 Å². The number of benzene rings is 1. The van der Waals surface area contributed by atoms with E-state index in [2.05, 4.69) is 5.32 Å². The molecule has 18 heavy (non-hydrogen) atoms. The lowest BCUT2D eigenvalue weighted by Crippen LogP contribution is -2.49. The molecule has 3 N–H and O–H groups in total. The van der Waals surface area contributed by atoms with Gasteiger partial charge in [-0.05, 0) is 38.3 Å². The summed E-state index contributed by atoms with van der Waals surface area (Å²) in [5.74, 6) is -0.0378. The first-order valence-electron chi connectivity index (χ1n) is 6.56. The summed E-state index contributed by atoms with van der Waals surface area (Å²) in [6, 6.07) is 5.84. The molecule has 0 aliphatic heterocycles. The second kappa shape index (κ2) is 6.01. The second-order valence-corrected chi connectivity index (χ2v) is 5.07. The first-order chi connectivity index (χ1) is 8.41. The van der Waals surface area contributed by atoms with E-state index in [-0.39, 0.29) is 11.4 Å². The molecule has 0 heterocycles. The number of hydrogen-bond donors (Lipinski definition) is 2. The van der Waals surface area contributed by atoms with E-state index in [9.17, 15) is 4.79 Å². The van der Waals surface area contributed by atoms with E-state index in [1.165, 1.54) is 5.56 Å². The van der Waals surface area contributed by atoms with Gasteiger partial charge < -0.3 is 11.1 Å². The summed E-state index contributed by atoms with van der Waals surface area (Å²) in [7, 11) is 0. The monoisotopic (exact) mass is 248 g/mol. The summed E-state index contributed by atoms with van der Waals surface area (Å²) in [4.78, 5) is 12.1. The minimum Gasteiger partial charge on any atom is -0.350 e. The maximum absolute atomic E-state index is 12.1. The van der Waals surface area contributed by atoms with Crippen LogP contribution < -0.4 is 11.1 Å². The van der Waals surface area contributed by atoms with E-state index < -0.39 is 0 Å². The lowest BCUT2D eigenvalue weighted by molar-refractivity contribution is 0.0941. The Morgan fingerprint density at radius 2 is 1.89 bits per heavy atom. The van der Waals surface area contributed by atoms with Gasteiger partial charge in [0.25, 0.3) is 5.91 Å². The van der Waals surface area contributed by atoms with E-state index in [0.717, 1.165) is 24.0 Å². The molecule has 1 aromatic carbocycles. The van der Waals surface area contributed by atoms with Gasteiger partial charge in [-0.2, -0.15) is 0 Å². The quantitative estimate of drug-likeness (QED) is 0.841. The minimum atomic E-state index is -0.297. The van der Waals surface area contributed by atoms with Crippen LogP contribution in [-0.4, -0.2) is 18.0 Å². The highest BCUT2D eigenvalue weighted by Gasteiger charge is 2.21. The fourth-order valence-electron chi connectivity index (χ4n) is 1.92. The molecule has 0 atom stereocenters. The highest BCUT2D eigenvalue weighted by atomic mass is 16.1. The fraction of sp³-hybridized carbons (Fsp3) is 0.533. The van der Waals surface area contributed by atoms with E-state index in [1.807, 2.05) is 45.9 Å².